The third-order valence-electron chi connectivity index (χ3n) is 1.27. The summed E-state index contributed by atoms with van der Waals surface area (Å²) in [5, 5.41) is 13.3. The van der Waals surface area contributed by atoms with Crippen LogP contribution in [0.4, 0.5) is 10.1 Å². The van der Waals surface area contributed by atoms with Crippen LogP contribution < -0.4 is 40.2 Å². The average Bonchev–Trinajstić information content (AvgIpc) is 2.09. The fourth-order valence-electron chi connectivity index (χ4n) is 0.746. The molecule has 0 aromatic heterocycles. The molecule has 0 fully saturated rings. The van der Waals surface area contributed by atoms with Crippen molar-refractivity contribution in [3.63, 3.8) is 0 Å². The molecule has 0 unspecified atom stereocenters. The maximum atomic E-state index is 12.4. The van der Waals surface area contributed by atoms with Gasteiger partial charge in [0, 0.05) is 5.69 Å². The Balaban J connectivity index is 0. The molecule has 0 saturated carbocycles. The van der Waals surface area contributed by atoms with Crippen LogP contribution in [0.5, 0.6) is 0 Å². The predicted octanol–water partition coefficient (Wildman–Crippen LogP) is -1.29. The molecule has 68 valence electrons. The molecule has 0 amide bonds. The van der Waals surface area contributed by atoms with Gasteiger partial charge in [0.25, 0.3) is 0 Å². The Morgan fingerprint density at radius 3 is 2.50 bits per heavy atom. The van der Waals surface area contributed by atoms with E-state index in [0.29, 0.717) is 5.69 Å². The van der Waals surface area contributed by atoms with Gasteiger partial charge in [0.1, 0.15) is 5.82 Å². The van der Waals surface area contributed by atoms with Crippen molar-refractivity contribution in [2.45, 2.75) is 0 Å². The number of benzene rings is 1. The molecular weight excluding hydrogens is 212 g/mol. The van der Waals surface area contributed by atoms with Gasteiger partial charge >= 0.3 is 29.6 Å². The van der Waals surface area contributed by atoms with E-state index in [2.05, 4.69) is 10.6 Å². The molecule has 1 aromatic carbocycles. The zero-order chi connectivity index (χ0) is 9.68. The van der Waals surface area contributed by atoms with E-state index in [-0.39, 0.29) is 41.9 Å². The fourth-order valence-corrected chi connectivity index (χ4v) is 0.910. The molecule has 0 aliphatic rings. The van der Waals surface area contributed by atoms with Gasteiger partial charge in [0.2, 0.25) is 0 Å². The van der Waals surface area contributed by atoms with E-state index in [4.69, 9.17) is 17.5 Å². The third kappa shape index (κ3) is 4.53. The molecular formula is C8H7FN3NaS. The number of nitrogens with zero attached hydrogens (tertiary/aromatic N) is 1. The van der Waals surface area contributed by atoms with E-state index in [1.807, 2.05) is 0 Å². The van der Waals surface area contributed by atoms with Gasteiger partial charge < -0.3 is 6.74 Å². The molecule has 6 heteroatoms. The van der Waals surface area contributed by atoms with Crippen molar-refractivity contribution in [3.05, 3.63) is 30.1 Å². The Labute approximate surface area is 110 Å². The second-order valence-electron chi connectivity index (χ2n) is 2.20. The number of nitriles is 1. The van der Waals surface area contributed by atoms with Crippen LogP contribution in [0.2, 0.25) is 0 Å². The van der Waals surface area contributed by atoms with Crippen LogP contribution in [0, 0.1) is 17.3 Å². The second kappa shape index (κ2) is 6.74. The molecule has 0 spiro atoms. The number of hydrogen-bond donors (Lipinski definition) is 2. The molecule has 1 rings (SSSR count). The van der Waals surface area contributed by atoms with Crippen LogP contribution in [0.3, 0.4) is 0 Å². The minimum absolute atomic E-state index is 0. The van der Waals surface area contributed by atoms with Crippen molar-refractivity contribution < 1.29 is 35.4 Å². The summed E-state index contributed by atoms with van der Waals surface area (Å²) in [5.41, 5.74) is 0.633. The summed E-state index contributed by atoms with van der Waals surface area (Å²) in [4.78, 5) is 0. The molecule has 0 aliphatic heterocycles. The summed E-state index contributed by atoms with van der Waals surface area (Å²) in [6.07, 6.45) is 1.67. The first-order valence-corrected chi connectivity index (χ1v) is 3.85. The summed E-state index contributed by atoms with van der Waals surface area (Å²) >= 11 is 4.73. The molecule has 0 radical (unpaired) electrons. The van der Waals surface area contributed by atoms with Gasteiger partial charge in [-0.2, -0.15) is 5.26 Å². The second-order valence-corrected chi connectivity index (χ2v) is 2.61. The molecule has 3 nitrogen and oxygen atoms in total. The Bertz CT molecular complexity index is 352. The molecule has 14 heavy (non-hydrogen) atoms. The summed E-state index contributed by atoms with van der Waals surface area (Å²) in [6, 6.07) is 5.66. The average molecular weight is 219 g/mol. The smallest absolute Gasteiger partial charge is 1.00 e. The first-order chi connectivity index (χ1) is 6.22. The van der Waals surface area contributed by atoms with Crippen LogP contribution >= 0.6 is 12.2 Å². The van der Waals surface area contributed by atoms with Crippen molar-refractivity contribution in [2.75, 3.05) is 5.32 Å². The molecule has 0 saturated heterocycles. The van der Waals surface area contributed by atoms with Crippen molar-refractivity contribution >= 4 is 23.0 Å². The zero-order valence-corrected chi connectivity index (χ0v) is 10.4. The topological polar surface area (TPSA) is 47.9 Å². The van der Waals surface area contributed by atoms with Crippen molar-refractivity contribution in [3.8, 4) is 6.19 Å². The first kappa shape index (κ1) is 13.3. The Kier molecular flexibility index (Phi) is 6.41. The Morgan fingerprint density at radius 1 is 1.43 bits per heavy atom. The molecule has 0 aliphatic carbocycles. The molecule has 1 aromatic rings. The standard InChI is InChI=1S/C8H6FN3S.Na.H/c9-6-1-3-7(4-2-6)12-8(13)11-5-10;;/h1-4H,(H2,11,12,13);;/q;+1;-1. The van der Waals surface area contributed by atoms with E-state index >= 15 is 0 Å². The molecule has 0 heterocycles. The van der Waals surface area contributed by atoms with E-state index in [1.54, 1.807) is 6.19 Å². The number of rotatable bonds is 1. The quantitative estimate of drug-likeness (QED) is 0.267. The van der Waals surface area contributed by atoms with E-state index in [0.717, 1.165) is 0 Å². The summed E-state index contributed by atoms with van der Waals surface area (Å²) in [7, 11) is 0. The molecule has 0 atom stereocenters. The number of anilines is 1. The van der Waals surface area contributed by atoms with Gasteiger partial charge in [-0.3, -0.25) is 5.32 Å². The summed E-state index contributed by atoms with van der Waals surface area (Å²) in [5.74, 6) is -0.315. The monoisotopic (exact) mass is 219 g/mol. The van der Waals surface area contributed by atoms with E-state index < -0.39 is 0 Å². The minimum atomic E-state index is -0.315. The Hall–Kier alpha value is -0.670. The van der Waals surface area contributed by atoms with Gasteiger partial charge in [-0.05, 0) is 36.5 Å². The zero-order valence-electron chi connectivity index (χ0n) is 8.54. The third-order valence-corrected chi connectivity index (χ3v) is 1.48. The fraction of sp³-hybridized carbons (Fsp3) is 0. The van der Waals surface area contributed by atoms with Gasteiger partial charge in [0.15, 0.2) is 11.3 Å². The predicted molar refractivity (Wildman–Crippen MR) is 52.5 cm³/mol. The maximum Gasteiger partial charge on any atom is 1.00 e. The SMILES string of the molecule is N#CNC(=S)Nc1ccc(F)cc1.[H-].[Na+]. The summed E-state index contributed by atoms with van der Waals surface area (Å²) < 4.78 is 12.4. The minimum Gasteiger partial charge on any atom is -1.00 e. The number of hydrogen-bond acceptors (Lipinski definition) is 2. The van der Waals surface area contributed by atoms with Crippen LogP contribution in [0.1, 0.15) is 1.43 Å². The number of nitrogens with one attached hydrogen (secondary N) is 2. The van der Waals surface area contributed by atoms with E-state index in [1.165, 1.54) is 24.3 Å². The normalized spacial score (nSPS) is 8.00. The number of halogens is 1. The van der Waals surface area contributed by atoms with Gasteiger partial charge in [0.05, 0.1) is 0 Å². The van der Waals surface area contributed by atoms with Crippen molar-refractivity contribution in [1.29, 1.82) is 5.26 Å². The number of thiocarbonyl (C=S) groups is 1. The van der Waals surface area contributed by atoms with Gasteiger partial charge in [-0.15, -0.1) is 0 Å². The van der Waals surface area contributed by atoms with E-state index in [9.17, 15) is 4.39 Å². The van der Waals surface area contributed by atoms with Crippen LogP contribution in [0.25, 0.3) is 0 Å². The largest absolute Gasteiger partial charge is 1.00 e. The van der Waals surface area contributed by atoms with Crippen LogP contribution in [0.15, 0.2) is 24.3 Å². The van der Waals surface area contributed by atoms with Gasteiger partial charge in [-0.1, -0.05) is 0 Å². The summed E-state index contributed by atoms with van der Waals surface area (Å²) in [6.45, 7) is 0. The molecule has 2 N–H and O–H groups in total. The van der Waals surface area contributed by atoms with Crippen molar-refractivity contribution in [2.24, 2.45) is 0 Å². The molecule has 0 bridgehead atoms. The maximum absolute atomic E-state index is 12.4. The van der Waals surface area contributed by atoms with Crippen LogP contribution in [-0.4, -0.2) is 5.11 Å². The Morgan fingerprint density at radius 2 is 2.00 bits per heavy atom. The van der Waals surface area contributed by atoms with Crippen molar-refractivity contribution in [1.82, 2.24) is 5.32 Å². The van der Waals surface area contributed by atoms with Crippen LogP contribution in [-0.2, 0) is 0 Å². The first-order valence-electron chi connectivity index (χ1n) is 3.44. The van der Waals surface area contributed by atoms with Gasteiger partial charge in [-0.25, -0.2) is 4.39 Å².